The highest BCUT2D eigenvalue weighted by molar-refractivity contribution is 7.88. The molecule has 0 bridgehead atoms. The van der Waals surface area contributed by atoms with Crippen molar-refractivity contribution in [1.29, 1.82) is 0 Å². The van der Waals surface area contributed by atoms with Gasteiger partial charge < -0.3 is 15.0 Å². The fourth-order valence-corrected chi connectivity index (χ4v) is 7.26. The zero-order chi connectivity index (χ0) is 32.5. The highest BCUT2D eigenvalue weighted by atomic mass is 32.2. The van der Waals surface area contributed by atoms with Gasteiger partial charge in [0.2, 0.25) is 16.0 Å². The smallest absolute Gasteiger partial charge is 0.419 e. The van der Waals surface area contributed by atoms with Gasteiger partial charge in [-0.1, -0.05) is 24.3 Å². The summed E-state index contributed by atoms with van der Waals surface area (Å²) in [6, 6.07) is 11.5. The highest BCUT2D eigenvalue weighted by Gasteiger charge is 2.41. The van der Waals surface area contributed by atoms with Gasteiger partial charge in [-0.05, 0) is 80.4 Å². The lowest BCUT2D eigenvalue weighted by atomic mass is 9.91. The molecule has 13 heteroatoms. The molecule has 0 spiro atoms. The third-order valence-electron chi connectivity index (χ3n) is 8.81. The van der Waals surface area contributed by atoms with Gasteiger partial charge in [-0.15, -0.1) is 0 Å². The van der Waals surface area contributed by atoms with Gasteiger partial charge in [-0.25, -0.2) is 18.4 Å². The van der Waals surface area contributed by atoms with Gasteiger partial charge in [0.15, 0.2) is 5.78 Å². The van der Waals surface area contributed by atoms with Gasteiger partial charge in [-0.3, -0.25) is 4.79 Å². The number of hydrogen-bond acceptors (Lipinski definition) is 8. The van der Waals surface area contributed by atoms with Crippen LogP contribution in [0, 0.1) is 11.8 Å². The number of methoxy groups -OCH3 is 1. The monoisotopic (exact) mass is 645 g/mol. The van der Waals surface area contributed by atoms with E-state index in [0.29, 0.717) is 29.8 Å². The van der Waals surface area contributed by atoms with Gasteiger partial charge in [-0.2, -0.15) is 17.5 Å². The molecule has 3 aromatic rings. The molecule has 1 aromatic heterocycles. The lowest BCUT2D eigenvalue weighted by molar-refractivity contribution is -0.138. The maximum absolute atomic E-state index is 14.2. The number of fused-ring (bicyclic) bond motifs is 1. The number of benzene rings is 2. The number of anilines is 2. The standard InChI is InChI=1S/C32H38F3N5O4S/c1-39-13-7-8-20(19-39)14-28(41)22-11-12-26(29(17-22)44-3)37-31-36-18-25(32(33,34)35)27(38-31)16-23-15-21-9-5-6-10-24(21)30(23)40(2)45(4,42)43/h5-6,9-12,17-18,20,23,30H,7-8,13-16,19H2,1-4H3,(H,36,37,38)/t20?,23-,30-/m0/s1. The first-order valence-corrected chi connectivity index (χ1v) is 16.7. The predicted molar refractivity (Wildman–Crippen MR) is 165 cm³/mol. The lowest BCUT2D eigenvalue weighted by Crippen LogP contribution is -2.34. The van der Waals surface area contributed by atoms with Crippen LogP contribution >= 0.6 is 0 Å². The van der Waals surface area contributed by atoms with E-state index in [2.05, 4.69) is 20.2 Å². The third-order valence-corrected chi connectivity index (χ3v) is 10.1. The number of carbonyl (C=O) groups is 1. The summed E-state index contributed by atoms with van der Waals surface area (Å²) in [7, 11) is 1.30. The summed E-state index contributed by atoms with van der Waals surface area (Å²) >= 11 is 0. The van der Waals surface area contributed by atoms with Gasteiger partial charge in [0, 0.05) is 31.8 Å². The minimum Gasteiger partial charge on any atom is -0.495 e. The highest BCUT2D eigenvalue weighted by Crippen LogP contribution is 2.43. The Morgan fingerprint density at radius 3 is 2.64 bits per heavy atom. The predicted octanol–water partition coefficient (Wildman–Crippen LogP) is 5.51. The molecule has 2 aromatic carbocycles. The van der Waals surface area contributed by atoms with E-state index in [1.165, 1.54) is 18.5 Å². The van der Waals surface area contributed by atoms with Crippen LogP contribution in [0.25, 0.3) is 0 Å². The van der Waals surface area contributed by atoms with Crippen LogP contribution in [-0.2, 0) is 29.0 Å². The summed E-state index contributed by atoms with van der Waals surface area (Å²) in [5, 5.41) is 2.96. The van der Waals surface area contributed by atoms with Crippen molar-refractivity contribution >= 4 is 27.4 Å². The first kappa shape index (κ1) is 32.8. The van der Waals surface area contributed by atoms with Gasteiger partial charge in [0.1, 0.15) is 5.75 Å². The molecule has 0 radical (unpaired) electrons. The van der Waals surface area contributed by atoms with E-state index in [-0.39, 0.29) is 29.8 Å². The van der Waals surface area contributed by atoms with E-state index in [0.717, 1.165) is 49.5 Å². The molecule has 0 amide bonds. The zero-order valence-corrected chi connectivity index (χ0v) is 26.6. The van der Waals surface area contributed by atoms with E-state index in [1.807, 2.05) is 25.2 Å². The van der Waals surface area contributed by atoms with Crippen LogP contribution in [0.4, 0.5) is 24.8 Å². The molecule has 1 aliphatic heterocycles. The Kier molecular flexibility index (Phi) is 9.52. The van der Waals surface area contributed by atoms with Crippen LogP contribution in [0.2, 0.25) is 0 Å². The minimum atomic E-state index is -4.72. The average Bonchev–Trinajstić information content (AvgIpc) is 3.33. The second-order valence-electron chi connectivity index (χ2n) is 12.1. The topological polar surface area (TPSA) is 105 Å². The van der Waals surface area contributed by atoms with Crippen molar-refractivity contribution in [2.45, 2.75) is 44.3 Å². The molecule has 1 saturated heterocycles. The van der Waals surface area contributed by atoms with Crippen molar-refractivity contribution < 1.29 is 31.1 Å². The Morgan fingerprint density at radius 2 is 1.96 bits per heavy atom. The molecule has 0 saturated carbocycles. The Bertz CT molecular complexity index is 1670. The number of halogens is 3. The van der Waals surface area contributed by atoms with Crippen molar-refractivity contribution in [2.75, 3.05) is 45.9 Å². The number of nitrogens with one attached hydrogen (secondary N) is 1. The van der Waals surface area contributed by atoms with Crippen molar-refractivity contribution in [3.8, 4) is 5.75 Å². The quantitative estimate of drug-likeness (QED) is 0.288. The number of rotatable bonds is 10. The first-order valence-electron chi connectivity index (χ1n) is 14.8. The summed E-state index contributed by atoms with van der Waals surface area (Å²) in [5.41, 5.74) is 1.31. The summed E-state index contributed by atoms with van der Waals surface area (Å²) < 4.78 is 74.3. The second-order valence-corrected chi connectivity index (χ2v) is 14.1. The molecule has 1 aliphatic carbocycles. The Morgan fingerprint density at radius 1 is 1.20 bits per heavy atom. The number of hydrogen-bond donors (Lipinski definition) is 1. The Balaban J connectivity index is 1.41. The normalized spacial score (nSPS) is 20.7. The number of alkyl halides is 3. The molecule has 3 atom stereocenters. The van der Waals surface area contributed by atoms with E-state index >= 15 is 0 Å². The molecule has 2 aliphatic rings. The molecule has 45 heavy (non-hydrogen) atoms. The zero-order valence-electron chi connectivity index (χ0n) is 25.8. The number of aromatic nitrogens is 2. The van der Waals surface area contributed by atoms with Crippen LogP contribution in [-0.4, -0.2) is 73.9 Å². The van der Waals surface area contributed by atoms with Crippen molar-refractivity contribution in [3.63, 3.8) is 0 Å². The summed E-state index contributed by atoms with van der Waals surface area (Å²) in [5.74, 6) is 0.0366. The van der Waals surface area contributed by atoms with Gasteiger partial charge in [0.05, 0.1) is 36.4 Å². The maximum atomic E-state index is 14.2. The third kappa shape index (κ3) is 7.47. The number of sulfonamides is 1. The molecule has 1 N–H and O–H groups in total. The minimum absolute atomic E-state index is 0.000563. The molecule has 5 rings (SSSR count). The second kappa shape index (κ2) is 13.1. The number of piperidine rings is 1. The SMILES string of the molecule is COc1cc(C(=O)CC2CCCN(C)C2)ccc1Nc1ncc(C(F)(F)F)c(C[C@@H]2Cc3ccccc3[C@H]2N(C)S(C)(=O)=O)n1. The van der Waals surface area contributed by atoms with Crippen molar-refractivity contribution in [3.05, 3.63) is 76.6 Å². The Hall–Kier alpha value is -3.55. The molecular formula is C32H38F3N5O4S. The van der Waals surface area contributed by atoms with Gasteiger partial charge >= 0.3 is 6.18 Å². The lowest BCUT2D eigenvalue weighted by Gasteiger charge is -2.29. The fourth-order valence-electron chi connectivity index (χ4n) is 6.57. The number of likely N-dealkylation sites (tertiary alicyclic amines) is 1. The van der Waals surface area contributed by atoms with E-state index in [4.69, 9.17) is 4.74 Å². The van der Waals surface area contributed by atoms with Crippen molar-refractivity contribution in [1.82, 2.24) is 19.2 Å². The summed E-state index contributed by atoms with van der Waals surface area (Å²) in [6.07, 6.45) is -0.154. The molecule has 2 heterocycles. The Labute approximate surface area is 261 Å². The van der Waals surface area contributed by atoms with E-state index in [9.17, 15) is 26.4 Å². The van der Waals surface area contributed by atoms with E-state index in [1.54, 1.807) is 24.3 Å². The maximum Gasteiger partial charge on any atom is 0.419 e. The molecule has 1 unspecified atom stereocenters. The number of ether oxygens (including phenoxy) is 1. The van der Waals surface area contributed by atoms with Crippen LogP contribution in [0.15, 0.2) is 48.7 Å². The number of carbonyl (C=O) groups excluding carboxylic acids is 1. The molecule has 1 fully saturated rings. The number of ketones is 1. The molecule has 242 valence electrons. The van der Waals surface area contributed by atoms with Gasteiger partial charge in [0.25, 0.3) is 0 Å². The van der Waals surface area contributed by atoms with Crippen LogP contribution < -0.4 is 10.1 Å². The van der Waals surface area contributed by atoms with E-state index < -0.39 is 33.7 Å². The number of nitrogens with zero attached hydrogens (tertiary/aromatic N) is 4. The van der Waals surface area contributed by atoms with Crippen LogP contribution in [0.1, 0.15) is 58.0 Å². The fraction of sp³-hybridized carbons (Fsp3) is 0.469. The molecule has 9 nitrogen and oxygen atoms in total. The number of Topliss-reactive ketones (excluding diaryl/α,β-unsaturated/α-hetero) is 1. The summed E-state index contributed by atoms with van der Waals surface area (Å²) in [4.78, 5) is 23.5. The summed E-state index contributed by atoms with van der Waals surface area (Å²) in [6.45, 7) is 1.90. The van der Waals surface area contributed by atoms with Crippen LogP contribution in [0.3, 0.4) is 0 Å². The average molecular weight is 646 g/mol. The largest absolute Gasteiger partial charge is 0.495 e. The van der Waals surface area contributed by atoms with Crippen molar-refractivity contribution in [2.24, 2.45) is 11.8 Å². The first-order chi connectivity index (χ1) is 21.2. The molecular weight excluding hydrogens is 607 g/mol. The van der Waals surface area contributed by atoms with Crippen LogP contribution in [0.5, 0.6) is 5.75 Å².